The van der Waals surface area contributed by atoms with Crippen molar-refractivity contribution >= 4 is 19.8 Å². The number of likely N-dealkylation sites (N-methyl/N-ethyl adjacent to an activating group) is 1. The summed E-state index contributed by atoms with van der Waals surface area (Å²) in [5.74, 6) is -0.926. The Morgan fingerprint density at radius 3 is 1.64 bits per heavy atom. The molecule has 0 saturated carbocycles. The van der Waals surface area contributed by atoms with Crippen molar-refractivity contribution in [1.29, 1.82) is 0 Å². The van der Waals surface area contributed by atoms with E-state index in [9.17, 15) is 29.3 Å². The van der Waals surface area contributed by atoms with Gasteiger partial charge in [-0.2, -0.15) is 0 Å². The molecule has 12 heteroatoms. The largest absolute Gasteiger partial charge is 0.472 e. The van der Waals surface area contributed by atoms with Crippen LogP contribution in [0.2, 0.25) is 0 Å². The summed E-state index contributed by atoms with van der Waals surface area (Å²) in [5.41, 5.74) is 0. The maximum Gasteiger partial charge on any atom is 0.472 e. The van der Waals surface area contributed by atoms with E-state index in [1.165, 1.54) is 44.9 Å². The van der Waals surface area contributed by atoms with Crippen molar-refractivity contribution in [2.45, 2.75) is 206 Å². The topological polar surface area (TPSA) is 149 Å². The molecule has 0 heterocycles. The van der Waals surface area contributed by atoms with Crippen molar-refractivity contribution in [1.82, 2.24) is 0 Å². The van der Waals surface area contributed by atoms with E-state index < -0.39 is 44.7 Å². The van der Waals surface area contributed by atoms with Gasteiger partial charge in [-0.25, -0.2) is 4.57 Å². The molecule has 0 fully saturated rings. The standard InChI is InChI=1S/C49H90NO10P/c1-6-8-10-12-14-15-16-17-18-19-20-21-22-23-24-25-26-27-31-35-39-48(53)57-43-45(44-59-61(55,56)58-42-41-50(3,4)5)60-49(54)40-36-32-28-30-34-38-47(52)46(51)37-33-29-13-11-9-7-2/h15-16,18-19,21-22,29,33,45-47,51-52H,6-14,17,20,23-28,30-32,34-44H2,1-5H3/p+1/b16-15-,19-18-,22-21-,33-29-/t45-,46+,47+/m1/s1. The number of hydrogen-bond acceptors (Lipinski definition) is 9. The number of esters is 2. The smallest absolute Gasteiger partial charge is 0.462 e. The van der Waals surface area contributed by atoms with Gasteiger partial charge in [-0.15, -0.1) is 0 Å². The number of allylic oxidation sites excluding steroid dienone is 7. The summed E-state index contributed by atoms with van der Waals surface area (Å²) >= 11 is 0. The number of phosphoric ester groups is 1. The molecular formula is C49H91NO10P+. The summed E-state index contributed by atoms with van der Waals surface area (Å²) in [5, 5.41) is 20.5. The van der Waals surface area contributed by atoms with Crippen LogP contribution in [0.4, 0.5) is 0 Å². The normalized spacial score (nSPS) is 15.0. The molecule has 0 spiro atoms. The molecule has 356 valence electrons. The maximum atomic E-state index is 12.7. The van der Waals surface area contributed by atoms with E-state index >= 15 is 0 Å². The molecule has 11 nitrogen and oxygen atoms in total. The minimum atomic E-state index is -4.42. The van der Waals surface area contributed by atoms with Gasteiger partial charge in [-0.05, 0) is 77.0 Å². The molecule has 0 saturated heterocycles. The third-order valence-corrected chi connectivity index (χ3v) is 11.3. The van der Waals surface area contributed by atoms with Gasteiger partial charge in [-0.3, -0.25) is 18.6 Å². The van der Waals surface area contributed by atoms with E-state index in [1.807, 2.05) is 27.2 Å². The number of carbonyl (C=O) groups excluding carboxylic acids is 2. The number of aliphatic hydroxyl groups is 2. The monoisotopic (exact) mass is 885 g/mol. The summed E-state index contributed by atoms with van der Waals surface area (Å²) in [7, 11) is 1.37. The lowest BCUT2D eigenvalue weighted by atomic mass is 10.0. The van der Waals surface area contributed by atoms with Gasteiger partial charge in [0.25, 0.3) is 0 Å². The first-order chi connectivity index (χ1) is 29.3. The van der Waals surface area contributed by atoms with E-state index in [0.29, 0.717) is 36.7 Å². The van der Waals surface area contributed by atoms with Crippen LogP contribution in [0.1, 0.15) is 187 Å². The number of unbranched alkanes of at least 4 members (excludes halogenated alkanes) is 17. The van der Waals surface area contributed by atoms with Gasteiger partial charge < -0.3 is 29.1 Å². The fraction of sp³-hybridized carbons (Fsp3) is 0.796. The summed E-state index contributed by atoms with van der Waals surface area (Å²) in [4.78, 5) is 35.5. The first kappa shape index (κ1) is 58.9. The first-order valence-corrected chi connectivity index (χ1v) is 25.5. The lowest BCUT2D eigenvalue weighted by Crippen LogP contribution is -2.37. The number of rotatable bonds is 43. The number of phosphoric acid groups is 1. The van der Waals surface area contributed by atoms with Crippen LogP contribution < -0.4 is 0 Å². The molecule has 1 unspecified atom stereocenters. The Bertz CT molecular complexity index is 1210. The lowest BCUT2D eigenvalue weighted by molar-refractivity contribution is -0.870. The van der Waals surface area contributed by atoms with Gasteiger partial charge in [0.2, 0.25) is 0 Å². The van der Waals surface area contributed by atoms with E-state index in [-0.39, 0.29) is 26.1 Å². The van der Waals surface area contributed by atoms with Crippen molar-refractivity contribution in [2.75, 3.05) is 47.5 Å². The highest BCUT2D eigenvalue weighted by Gasteiger charge is 2.27. The van der Waals surface area contributed by atoms with E-state index in [1.54, 1.807) is 0 Å². The third kappa shape index (κ3) is 42.9. The first-order valence-electron chi connectivity index (χ1n) is 24.0. The zero-order chi connectivity index (χ0) is 45.3. The van der Waals surface area contributed by atoms with Crippen LogP contribution in [-0.4, -0.2) is 97.3 Å². The SMILES string of the molecule is CCCCC/C=C\C[C@H](O)[C@@H](O)CCCCCCCC(=O)O[C@H](COC(=O)CCCCCCCC/C=C\C/C=C\C/C=C\CCCCCC)COP(=O)(O)OCC[N+](C)(C)C. The predicted octanol–water partition coefficient (Wildman–Crippen LogP) is 11.8. The number of nitrogens with zero attached hydrogens (tertiary/aromatic N) is 1. The second kappa shape index (κ2) is 40.7. The molecule has 3 N–H and O–H groups in total. The number of ether oxygens (including phenoxy) is 2. The van der Waals surface area contributed by atoms with E-state index in [0.717, 1.165) is 89.9 Å². The second-order valence-electron chi connectivity index (χ2n) is 17.4. The minimum Gasteiger partial charge on any atom is -0.462 e. The van der Waals surface area contributed by atoms with Crippen LogP contribution >= 0.6 is 7.82 Å². The van der Waals surface area contributed by atoms with Crippen molar-refractivity contribution in [3.63, 3.8) is 0 Å². The summed E-state index contributed by atoms with van der Waals surface area (Å²) in [6.07, 6.45) is 40.3. The lowest BCUT2D eigenvalue weighted by Gasteiger charge is -2.24. The number of quaternary nitrogens is 1. The number of carbonyl (C=O) groups is 2. The Morgan fingerprint density at radius 1 is 0.574 bits per heavy atom. The molecule has 0 aromatic heterocycles. The molecule has 4 atom stereocenters. The highest BCUT2D eigenvalue weighted by Crippen LogP contribution is 2.43. The van der Waals surface area contributed by atoms with Gasteiger partial charge in [0.05, 0.1) is 40.0 Å². The molecular weight excluding hydrogens is 794 g/mol. The molecule has 0 aromatic rings. The zero-order valence-corrected chi connectivity index (χ0v) is 40.3. The van der Waals surface area contributed by atoms with Crippen LogP contribution in [0, 0.1) is 0 Å². The van der Waals surface area contributed by atoms with E-state index in [4.69, 9.17) is 18.5 Å². The van der Waals surface area contributed by atoms with Crippen LogP contribution in [0.15, 0.2) is 48.6 Å². The Labute approximate surface area is 372 Å². The van der Waals surface area contributed by atoms with Gasteiger partial charge in [0.15, 0.2) is 6.10 Å². The van der Waals surface area contributed by atoms with Gasteiger partial charge in [0.1, 0.15) is 19.8 Å². The fourth-order valence-electron chi connectivity index (χ4n) is 6.34. The molecule has 0 aliphatic heterocycles. The van der Waals surface area contributed by atoms with Crippen LogP contribution in [0.25, 0.3) is 0 Å². The molecule has 0 rings (SSSR count). The van der Waals surface area contributed by atoms with Crippen molar-refractivity contribution in [2.24, 2.45) is 0 Å². The van der Waals surface area contributed by atoms with Crippen molar-refractivity contribution in [3.8, 4) is 0 Å². The summed E-state index contributed by atoms with van der Waals surface area (Å²) < 4.78 is 34.3. The Balaban J connectivity index is 4.44. The Hall–Kier alpha value is -2.11. The molecule has 0 aromatic carbocycles. The van der Waals surface area contributed by atoms with Gasteiger partial charge in [-0.1, -0.05) is 146 Å². The molecule has 61 heavy (non-hydrogen) atoms. The predicted molar refractivity (Wildman–Crippen MR) is 250 cm³/mol. The Morgan fingerprint density at radius 2 is 1.05 bits per heavy atom. The van der Waals surface area contributed by atoms with Crippen LogP contribution in [0.3, 0.4) is 0 Å². The van der Waals surface area contributed by atoms with Gasteiger partial charge in [0, 0.05) is 12.8 Å². The minimum absolute atomic E-state index is 0.000540. The average Bonchev–Trinajstić information content (AvgIpc) is 3.21. The highest BCUT2D eigenvalue weighted by molar-refractivity contribution is 7.47. The van der Waals surface area contributed by atoms with Crippen LogP contribution in [-0.2, 0) is 32.7 Å². The average molecular weight is 885 g/mol. The van der Waals surface area contributed by atoms with Gasteiger partial charge >= 0.3 is 19.8 Å². The van der Waals surface area contributed by atoms with Crippen molar-refractivity contribution < 1.29 is 52.3 Å². The van der Waals surface area contributed by atoms with E-state index in [2.05, 4.69) is 56.4 Å². The second-order valence-corrected chi connectivity index (χ2v) is 18.9. The quantitative estimate of drug-likeness (QED) is 0.0178. The molecule has 0 bridgehead atoms. The van der Waals surface area contributed by atoms with Crippen molar-refractivity contribution in [3.05, 3.63) is 48.6 Å². The zero-order valence-electron chi connectivity index (χ0n) is 39.4. The Kier molecular flexibility index (Phi) is 39.2. The summed E-state index contributed by atoms with van der Waals surface area (Å²) in [6, 6.07) is 0. The highest BCUT2D eigenvalue weighted by atomic mass is 31.2. The van der Waals surface area contributed by atoms with Crippen LogP contribution in [0.5, 0.6) is 0 Å². The molecule has 0 radical (unpaired) electrons. The number of hydrogen-bond donors (Lipinski definition) is 3. The molecule has 0 amide bonds. The fourth-order valence-corrected chi connectivity index (χ4v) is 7.08. The molecule has 0 aliphatic carbocycles. The maximum absolute atomic E-state index is 12.7. The molecule has 0 aliphatic rings. The number of aliphatic hydroxyl groups excluding tert-OH is 2. The summed E-state index contributed by atoms with van der Waals surface area (Å²) in [6.45, 7) is 4.15. The third-order valence-electron chi connectivity index (χ3n) is 10.3.